The summed E-state index contributed by atoms with van der Waals surface area (Å²) in [6.45, 7) is 1.73. The van der Waals surface area contributed by atoms with Gasteiger partial charge in [0.25, 0.3) is 5.91 Å². The number of aliphatic hydroxyl groups excluding tert-OH is 1. The van der Waals surface area contributed by atoms with Gasteiger partial charge in [0.05, 0.1) is 18.2 Å². The number of amides is 2. The van der Waals surface area contributed by atoms with Crippen LogP contribution >= 0.6 is 0 Å². The first-order valence-electron chi connectivity index (χ1n) is 11.2. The lowest BCUT2D eigenvalue weighted by molar-refractivity contribution is -0.199. The van der Waals surface area contributed by atoms with Crippen LogP contribution in [0.4, 0.5) is 4.39 Å². The second-order valence-corrected chi connectivity index (χ2v) is 9.01. The highest BCUT2D eigenvalue weighted by Gasteiger charge is 2.68. The smallest absolute Gasteiger partial charge is 0.254 e. The fraction of sp³-hybridized carbons (Fsp3) is 0.440. The van der Waals surface area contributed by atoms with E-state index in [0.29, 0.717) is 44.7 Å². The van der Waals surface area contributed by atoms with Crippen LogP contribution in [0.15, 0.2) is 54.6 Å². The minimum absolute atomic E-state index is 0.0392. The summed E-state index contributed by atoms with van der Waals surface area (Å²) in [5.74, 6) is -0.841. The average molecular weight is 438 g/mol. The van der Waals surface area contributed by atoms with Crippen LogP contribution in [-0.2, 0) is 9.53 Å². The molecule has 32 heavy (non-hydrogen) atoms. The zero-order chi connectivity index (χ0) is 22.3. The third kappa shape index (κ3) is 3.31. The maximum absolute atomic E-state index is 13.6. The highest BCUT2D eigenvalue weighted by Crippen LogP contribution is 2.54. The summed E-state index contributed by atoms with van der Waals surface area (Å²) in [5, 5.41) is 10.2. The van der Waals surface area contributed by atoms with E-state index in [0.717, 1.165) is 5.56 Å². The molecule has 168 valence electrons. The molecule has 3 saturated heterocycles. The van der Waals surface area contributed by atoms with Crippen molar-refractivity contribution in [2.24, 2.45) is 5.92 Å². The van der Waals surface area contributed by atoms with Gasteiger partial charge in [-0.2, -0.15) is 0 Å². The van der Waals surface area contributed by atoms with Crippen LogP contribution in [0.5, 0.6) is 0 Å². The van der Waals surface area contributed by atoms with E-state index in [4.69, 9.17) is 4.74 Å². The molecule has 3 aliphatic rings. The first kappa shape index (κ1) is 21.1. The molecule has 3 fully saturated rings. The van der Waals surface area contributed by atoms with Crippen LogP contribution in [0.1, 0.15) is 34.7 Å². The number of ether oxygens (including phenoxy) is 1. The molecule has 0 bridgehead atoms. The molecule has 0 aromatic heterocycles. The summed E-state index contributed by atoms with van der Waals surface area (Å²) < 4.78 is 19.1. The van der Waals surface area contributed by atoms with Gasteiger partial charge in [0.15, 0.2) is 0 Å². The van der Waals surface area contributed by atoms with E-state index in [9.17, 15) is 19.1 Å². The summed E-state index contributed by atoms with van der Waals surface area (Å²) in [6.07, 6.45) is 1.34. The summed E-state index contributed by atoms with van der Waals surface area (Å²) in [6, 6.07) is 15.2. The molecule has 6 nitrogen and oxygen atoms in total. The number of hydrogen-bond donors (Lipinski definition) is 1. The Hall–Kier alpha value is -2.77. The van der Waals surface area contributed by atoms with Crippen molar-refractivity contribution in [1.29, 1.82) is 0 Å². The molecule has 2 atom stereocenters. The summed E-state index contributed by atoms with van der Waals surface area (Å²) >= 11 is 0. The Balaban J connectivity index is 1.43. The first-order chi connectivity index (χ1) is 15.5. The van der Waals surface area contributed by atoms with E-state index in [1.165, 1.54) is 18.2 Å². The minimum Gasteiger partial charge on any atom is -0.394 e. The SMILES string of the molecule is O=C(c1cccc(F)c1)N1CC2(C1)[C@H](c1ccccc1)[C@H](CO)N2C(=O)C1CCOCC1. The van der Waals surface area contributed by atoms with Gasteiger partial charge >= 0.3 is 0 Å². The lowest BCUT2D eigenvalue weighted by atomic mass is 9.60. The standard InChI is InChI=1S/C25H27FN2O4/c26-20-8-4-7-19(13-20)23(30)27-15-25(16-27)22(17-5-2-1-3-6-17)21(14-29)28(25)24(31)18-9-11-32-12-10-18/h1-8,13,18,21-22,29H,9-12,14-16H2/t21-,22+/m0/s1. The number of benzene rings is 2. The maximum Gasteiger partial charge on any atom is 0.254 e. The number of hydrogen-bond acceptors (Lipinski definition) is 4. The number of carbonyl (C=O) groups excluding carboxylic acids is 2. The molecule has 2 aromatic rings. The number of aliphatic hydroxyl groups is 1. The van der Waals surface area contributed by atoms with Crippen LogP contribution in [0, 0.1) is 11.7 Å². The number of likely N-dealkylation sites (tertiary alicyclic amines) is 2. The van der Waals surface area contributed by atoms with Crippen molar-refractivity contribution in [1.82, 2.24) is 9.80 Å². The van der Waals surface area contributed by atoms with Crippen LogP contribution in [0.25, 0.3) is 0 Å². The van der Waals surface area contributed by atoms with Crippen LogP contribution in [0.3, 0.4) is 0 Å². The normalized spacial score (nSPS) is 24.7. The third-order valence-electron chi connectivity index (χ3n) is 7.22. The fourth-order valence-corrected chi connectivity index (χ4v) is 5.72. The van der Waals surface area contributed by atoms with Gasteiger partial charge in [-0.15, -0.1) is 0 Å². The van der Waals surface area contributed by atoms with E-state index >= 15 is 0 Å². The topological polar surface area (TPSA) is 70.1 Å². The molecule has 5 rings (SSSR count). The van der Waals surface area contributed by atoms with Crippen LogP contribution in [0.2, 0.25) is 0 Å². The molecule has 0 saturated carbocycles. The highest BCUT2D eigenvalue weighted by atomic mass is 19.1. The summed E-state index contributed by atoms with van der Waals surface area (Å²) in [5.41, 5.74) is 0.810. The number of rotatable bonds is 4. The zero-order valence-electron chi connectivity index (χ0n) is 17.8. The molecule has 1 spiro atoms. The van der Waals surface area contributed by atoms with Gasteiger partial charge in [-0.1, -0.05) is 36.4 Å². The van der Waals surface area contributed by atoms with Crippen molar-refractivity contribution >= 4 is 11.8 Å². The van der Waals surface area contributed by atoms with Gasteiger partial charge in [0, 0.05) is 43.7 Å². The predicted molar refractivity (Wildman–Crippen MR) is 115 cm³/mol. The summed E-state index contributed by atoms with van der Waals surface area (Å²) in [4.78, 5) is 30.0. The molecule has 0 radical (unpaired) electrons. The van der Waals surface area contributed by atoms with E-state index in [-0.39, 0.29) is 36.3 Å². The Morgan fingerprint density at radius 1 is 1.06 bits per heavy atom. The zero-order valence-corrected chi connectivity index (χ0v) is 17.8. The van der Waals surface area contributed by atoms with Crippen LogP contribution < -0.4 is 0 Å². The molecule has 0 aliphatic carbocycles. The predicted octanol–water partition coefficient (Wildman–Crippen LogP) is 2.43. The highest BCUT2D eigenvalue weighted by molar-refractivity contribution is 5.95. The van der Waals surface area contributed by atoms with E-state index in [1.807, 2.05) is 35.2 Å². The van der Waals surface area contributed by atoms with Crippen molar-refractivity contribution in [2.75, 3.05) is 32.9 Å². The molecule has 3 heterocycles. The first-order valence-corrected chi connectivity index (χ1v) is 11.2. The van der Waals surface area contributed by atoms with Crippen molar-refractivity contribution in [3.63, 3.8) is 0 Å². The Kier molecular flexibility index (Phi) is 5.47. The fourth-order valence-electron chi connectivity index (χ4n) is 5.72. The van der Waals surface area contributed by atoms with Gasteiger partial charge in [-0.25, -0.2) is 4.39 Å². The average Bonchev–Trinajstić information content (AvgIpc) is 2.79. The Morgan fingerprint density at radius 2 is 1.78 bits per heavy atom. The number of nitrogens with zero attached hydrogens (tertiary/aromatic N) is 2. The lowest BCUT2D eigenvalue weighted by Crippen LogP contribution is -2.86. The van der Waals surface area contributed by atoms with Gasteiger partial charge in [-0.05, 0) is 36.6 Å². The molecule has 7 heteroatoms. The Bertz CT molecular complexity index is 1000. The number of carbonyl (C=O) groups is 2. The number of halogens is 1. The van der Waals surface area contributed by atoms with Gasteiger partial charge in [0.2, 0.25) is 5.91 Å². The van der Waals surface area contributed by atoms with Crippen molar-refractivity contribution in [2.45, 2.75) is 30.3 Å². The minimum atomic E-state index is -0.548. The Morgan fingerprint density at radius 3 is 2.44 bits per heavy atom. The van der Waals surface area contributed by atoms with Gasteiger partial charge < -0.3 is 19.6 Å². The van der Waals surface area contributed by atoms with E-state index in [2.05, 4.69) is 0 Å². The van der Waals surface area contributed by atoms with Crippen molar-refractivity contribution < 1.29 is 23.8 Å². The molecule has 0 unspecified atom stereocenters. The largest absolute Gasteiger partial charge is 0.394 e. The van der Waals surface area contributed by atoms with E-state index in [1.54, 1.807) is 11.0 Å². The lowest BCUT2D eigenvalue weighted by Gasteiger charge is -2.71. The molecular weight excluding hydrogens is 411 g/mol. The Labute approximate surface area is 186 Å². The quantitative estimate of drug-likeness (QED) is 0.796. The molecular formula is C25H27FN2O4. The molecule has 3 aliphatic heterocycles. The third-order valence-corrected chi connectivity index (χ3v) is 7.22. The monoisotopic (exact) mass is 438 g/mol. The molecule has 2 amide bonds. The van der Waals surface area contributed by atoms with Crippen molar-refractivity contribution in [3.05, 3.63) is 71.5 Å². The molecule has 2 aromatic carbocycles. The van der Waals surface area contributed by atoms with Crippen molar-refractivity contribution in [3.8, 4) is 0 Å². The second kappa shape index (κ2) is 8.30. The summed E-state index contributed by atoms with van der Waals surface area (Å²) in [7, 11) is 0. The molecule has 1 N–H and O–H groups in total. The van der Waals surface area contributed by atoms with Gasteiger partial charge in [-0.3, -0.25) is 9.59 Å². The van der Waals surface area contributed by atoms with Crippen LogP contribution in [-0.4, -0.2) is 71.2 Å². The second-order valence-electron chi connectivity index (χ2n) is 9.01. The van der Waals surface area contributed by atoms with Gasteiger partial charge in [0.1, 0.15) is 5.82 Å². The maximum atomic E-state index is 13.6. The van der Waals surface area contributed by atoms with E-state index < -0.39 is 11.4 Å².